The molecule has 0 saturated heterocycles. The monoisotopic (exact) mass is 467 g/mol. The first-order valence-corrected chi connectivity index (χ1v) is 9.23. The Hall–Kier alpha value is -2.42. The summed E-state index contributed by atoms with van der Waals surface area (Å²) < 4.78 is 6.22. The number of hydrazine groups is 1. The third-order valence-corrected chi connectivity index (χ3v) is 4.13. The van der Waals surface area contributed by atoms with Crippen LogP contribution in [0.1, 0.15) is 5.56 Å². The number of thiocarbonyl (C=S) groups is 1. The van der Waals surface area contributed by atoms with Crippen molar-refractivity contribution >= 4 is 62.8 Å². The van der Waals surface area contributed by atoms with Crippen molar-refractivity contribution < 1.29 is 14.3 Å². The van der Waals surface area contributed by atoms with Gasteiger partial charge in [0.25, 0.3) is 5.91 Å². The molecule has 3 N–H and O–H groups in total. The third-order valence-electron chi connectivity index (χ3n) is 3.06. The van der Waals surface area contributed by atoms with Gasteiger partial charge in [-0.2, -0.15) is 0 Å². The van der Waals surface area contributed by atoms with Gasteiger partial charge in [-0.25, -0.2) is 0 Å². The van der Waals surface area contributed by atoms with Crippen LogP contribution < -0.4 is 20.9 Å². The van der Waals surface area contributed by atoms with Crippen LogP contribution in [0.2, 0.25) is 5.02 Å². The molecular formula is C18H15BrClN3O3S. The van der Waals surface area contributed by atoms with Gasteiger partial charge in [0, 0.05) is 15.6 Å². The van der Waals surface area contributed by atoms with Crippen molar-refractivity contribution in [1.29, 1.82) is 0 Å². The van der Waals surface area contributed by atoms with Crippen molar-refractivity contribution in [3.63, 3.8) is 0 Å². The molecule has 2 rings (SSSR count). The van der Waals surface area contributed by atoms with E-state index in [1.165, 1.54) is 6.08 Å². The maximum absolute atomic E-state index is 11.8. The minimum atomic E-state index is -0.465. The fourth-order valence-electron chi connectivity index (χ4n) is 1.80. The molecule has 2 aromatic rings. The Morgan fingerprint density at radius 3 is 2.52 bits per heavy atom. The van der Waals surface area contributed by atoms with Gasteiger partial charge in [0.05, 0.1) is 0 Å². The Labute approximate surface area is 175 Å². The van der Waals surface area contributed by atoms with Crippen LogP contribution in [0.25, 0.3) is 6.08 Å². The van der Waals surface area contributed by atoms with Crippen molar-refractivity contribution in [2.45, 2.75) is 0 Å². The molecule has 0 aliphatic rings. The molecule has 0 radical (unpaired) electrons. The molecule has 0 fully saturated rings. The highest BCUT2D eigenvalue weighted by molar-refractivity contribution is 9.10. The van der Waals surface area contributed by atoms with Gasteiger partial charge in [-0.3, -0.25) is 25.8 Å². The molecule has 0 spiro atoms. The van der Waals surface area contributed by atoms with Gasteiger partial charge in [0.1, 0.15) is 5.75 Å². The molecular weight excluding hydrogens is 454 g/mol. The molecule has 6 nitrogen and oxygen atoms in total. The lowest BCUT2D eigenvalue weighted by molar-refractivity contribution is -0.123. The summed E-state index contributed by atoms with van der Waals surface area (Å²) in [7, 11) is 0. The number of halogens is 2. The topological polar surface area (TPSA) is 79.5 Å². The second-order valence-corrected chi connectivity index (χ2v) is 6.82. The van der Waals surface area contributed by atoms with Gasteiger partial charge >= 0.3 is 0 Å². The van der Waals surface area contributed by atoms with E-state index in [0.29, 0.717) is 16.3 Å². The van der Waals surface area contributed by atoms with E-state index in [0.717, 1.165) is 4.47 Å². The van der Waals surface area contributed by atoms with E-state index in [4.69, 9.17) is 28.6 Å². The highest BCUT2D eigenvalue weighted by Gasteiger charge is 2.05. The smallest absolute Gasteiger partial charge is 0.276 e. The number of hydrogen-bond acceptors (Lipinski definition) is 4. The number of hydrogen-bond donors (Lipinski definition) is 3. The van der Waals surface area contributed by atoms with E-state index < -0.39 is 11.8 Å². The van der Waals surface area contributed by atoms with Gasteiger partial charge in [0.15, 0.2) is 11.7 Å². The zero-order valence-electron chi connectivity index (χ0n) is 13.9. The Morgan fingerprint density at radius 2 is 1.81 bits per heavy atom. The Morgan fingerprint density at radius 1 is 1.11 bits per heavy atom. The van der Waals surface area contributed by atoms with Crippen LogP contribution in [0, 0.1) is 0 Å². The normalized spacial score (nSPS) is 10.3. The Bertz CT molecular complexity index is 859. The zero-order valence-corrected chi connectivity index (χ0v) is 17.0. The van der Waals surface area contributed by atoms with Crippen molar-refractivity contribution in [2.75, 3.05) is 6.61 Å². The second kappa shape index (κ2) is 10.7. The van der Waals surface area contributed by atoms with Crippen LogP contribution in [0.3, 0.4) is 0 Å². The van der Waals surface area contributed by atoms with E-state index in [1.807, 2.05) is 6.07 Å². The second-order valence-electron chi connectivity index (χ2n) is 5.09. The standard InChI is InChI=1S/C18H15BrClN3O3S/c19-13-6-8-14(9-7-13)26-11-17(25)22-23-18(27)21-16(24)10-5-12-3-1-2-4-15(12)20/h1-10H,11H2,(H,22,25)(H2,21,23,24,27)/b10-5+. The molecule has 2 amide bonds. The van der Waals surface area contributed by atoms with Gasteiger partial charge in [-0.1, -0.05) is 45.7 Å². The molecule has 0 bridgehead atoms. The largest absolute Gasteiger partial charge is 0.484 e. The number of carbonyl (C=O) groups is 2. The van der Waals surface area contributed by atoms with E-state index >= 15 is 0 Å². The number of ether oxygens (including phenoxy) is 1. The summed E-state index contributed by atoms with van der Waals surface area (Å²) in [6.45, 7) is -0.211. The first-order valence-electron chi connectivity index (χ1n) is 7.65. The Kier molecular flexibility index (Phi) is 8.25. The predicted octanol–water partition coefficient (Wildman–Crippen LogP) is 3.22. The summed E-state index contributed by atoms with van der Waals surface area (Å²) in [5.41, 5.74) is 5.45. The molecule has 0 unspecified atom stereocenters. The quantitative estimate of drug-likeness (QED) is 0.357. The molecule has 9 heteroatoms. The molecule has 2 aromatic carbocycles. The number of benzene rings is 2. The summed E-state index contributed by atoms with van der Waals surface area (Å²) in [5.74, 6) is -0.372. The highest BCUT2D eigenvalue weighted by atomic mass is 79.9. The first kappa shape index (κ1) is 20.9. The van der Waals surface area contributed by atoms with Gasteiger partial charge in [-0.05, 0) is 54.2 Å². The lowest BCUT2D eigenvalue weighted by Crippen LogP contribution is -2.49. The van der Waals surface area contributed by atoms with Crippen molar-refractivity contribution in [2.24, 2.45) is 0 Å². The SMILES string of the molecule is O=C(/C=C/c1ccccc1Cl)NC(=S)NNC(=O)COc1ccc(Br)cc1. The lowest BCUT2D eigenvalue weighted by atomic mass is 10.2. The van der Waals surface area contributed by atoms with Crippen LogP contribution >= 0.6 is 39.7 Å². The maximum Gasteiger partial charge on any atom is 0.276 e. The number of rotatable bonds is 5. The van der Waals surface area contributed by atoms with Gasteiger partial charge in [-0.15, -0.1) is 0 Å². The average Bonchev–Trinajstić information content (AvgIpc) is 2.65. The van der Waals surface area contributed by atoms with Gasteiger partial charge < -0.3 is 4.74 Å². The van der Waals surface area contributed by atoms with Gasteiger partial charge in [0.2, 0.25) is 5.91 Å². The van der Waals surface area contributed by atoms with Crippen LogP contribution in [0.4, 0.5) is 0 Å². The lowest BCUT2D eigenvalue weighted by Gasteiger charge is -2.10. The molecule has 27 heavy (non-hydrogen) atoms. The minimum absolute atomic E-state index is 0.0548. The van der Waals surface area contributed by atoms with E-state index in [-0.39, 0.29) is 11.7 Å². The summed E-state index contributed by atoms with van der Waals surface area (Å²) in [4.78, 5) is 23.5. The maximum atomic E-state index is 11.8. The van der Waals surface area contributed by atoms with Crippen LogP contribution in [-0.2, 0) is 9.59 Å². The highest BCUT2D eigenvalue weighted by Crippen LogP contribution is 2.16. The molecule has 0 aliphatic heterocycles. The van der Waals surface area contributed by atoms with E-state index in [2.05, 4.69) is 32.1 Å². The van der Waals surface area contributed by atoms with Crippen LogP contribution in [-0.4, -0.2) is 23.5 Å². The van der Waals surface area contributed by atoms with Crippen LogP contribution in [0.15, 0.2) is 59.1 Å². The summed E-state index contributed by atoms with van der Waals surface area (Å²) in [6, 6.07) is 14.1. The molecule has 0 saturated carbocycles. The predicted molar refractivity (Wildman–Crippen MR) is 112 cm³/mol. The zero-order chi connectivity index (χ0) is 19.6. The summed E-state index contributed by atoms with van der Waals surface area (Å²) in [5, 5.41) is 2.87. The number of amides is 2. The summed E-state index contributed by atoms with van der Waals surface area (Å²) in [6.07, 6.45) is 2.85. The molecule has 0 atom stereocenters. The Balaban J connectivity index is 1.70. The fraction of sp³-hybridized carbons (Fsp3) is 0.0556. The molecule has 0 aromatic heterocycles. The molecule has 140 valence electrons. The van der Waals surface area contributed by atoms with Crippen molar-refractivity contribution in [1.82, 2.24) is 16.2 Å². The third kappa shape index (κ3) is 7.78. The average molecular weight is 469 g/mol. The van der Waals surface area contributed by atoms with E-state index in [1.54, 1.807) is 48.5 Å². The van der Waals surface area contributed by atoms with Crippen molar-refractivity contribution in [3.05, 3.63) is 69.7 Å². The summed E-state index contributed by atoms with van der Waals surface area (Å²) >= 11 is 14.2. The number of nitrogens with one attached hydrogen (secondary N) is 3. The van der Waals surface area contributed by atoms with Crippen molar-refractivity contribution in [3.8, 4) is 5.75 Å². The molecule has 0 aliphatic carbocycles. The first-order chi connectivity index (χ1) is 12.9. The fourth-order valence-corrected chi connectivity index (χ4v) is 2.42. The minimum Gasteiger partial charge on any atom is -0.484 e. The van der Waals surface area contributed by atoms with Crippen LogP contribution in [0.5, 0.6) is 5.75 Å². The number of carbonyl (C=O) groups excluding carboxylic acids is 2. The molecule has 0 heterocycles. The van der Waals surface area contributed by atoms with E-state index in [9.17, 15) is 9.59 Å².